The Kier molecular flexibility index (Phi) is 4.57. The van der Waals surface area contributed by atoms with Gasteiger partial charge < -0.3 is 15.0 Å². The van der Waals surface area contributed by atoms with Crippen LogP contribution in [0, 0.1) is 0 Å². The Morgan fingerprint density at radius 2 is 2.10 bits per heavy atom. The zero-order valence-electron chi connectivity index (χ0n) is 13.0. The largest absolute Gasteiger partial charge is 0.367 e. The van der Waals surface area contributed by atoms with Crippen LogP contribution in [-0.2, 0) is 4.74 Å². The average molecular weight is 294 g/mol. The maximum atomic E-state index is 6.19. The number of rotatable bonds is 3. The summed E-state index contributed by atoms with van der Waals surface area (Å²) < 4.78 is 11.3. The van der Waals surface area contributed by atoms with E-state index in [2.05, 4.69) is 28.9 Å². The van der Waals surface area contributed by atoms with Gasteiger partial charge >= 0.3 is 0 Å². The maximum Gasteiger partial charge on any atom is 0.231 e. The van der Waals surface area contributed by atoms with Gasteiger partial charge in [0, 0.05) is 25.2 Å². The molecule has 6 nitrogen and oxygen atoms in total. The second kappa shape index (κ2) is 6.42. The normalized spacial score (nSPS) is 31.7. The zero-order valence-corrected chi connectivity index (χ0v) is 13.0. The van der Waals surface area contributed by atoms with Crippen LogP contribution in [0.2, 0.25) is 0 Å². The average Bonchev–Trinajstić information content (AvgIpc) is 2.97. The zero-order chi connectivity index (χ0) is 14.8. The molecule has 0 spiro atoms. The summed E-state index contributed by atoms with van der Waals surface area (Å²) >= 11 is 0. The van der Waals surface area contributed by atoms with Gasteiger partial charge in [0.2, 0.25) is 11.7 Å². The smallest absolute Gasteiger partial charge is 0.231 e. The molecule has 0 bridgehead atoms. The number of nitrogens with zero attached hydrogens (tertiary/aromatic N) is 3. The van der Waals surface area contributed by atoms with E-state index in [4.69, 9.17) is 15.0 Å². The van der Waals surface area contributed by atoms with Gasteiger partial charge in [-0.3, -0.25) is 4.90 Å². The summed E-state index contributed by atoms with van der Waals surface area (Å²) in [5.41, 5.74) is 6.19. The first-order valence-corrected chi connectivity index (χ1v) is 8.10. The third-order valence-corrected chi connectivity index (χ3v) is 4.71. The minimum absolute atomic E-state index is 0.0848. The van der Waals surface area contributed by atoms with Crippen LogP contribution in [-0.4, -0.2) is 46.8 Å². The first-order chi connectivity index (χ1) is 10.1. The number of ether oxygens (including phenoxy) is 1. The minimum Gasteiger partial charge on any atom is -0.367 e. The highest BCUT2D eigenvalue weighted by Crippen LogP contribution is 2.32. The Hall–Kier alpha value is -0.980. The molecule has 118 valence electrons. The van der Waals surface area contributed by atoms with Crippen molar-refractivity contribution >= 4 is 0 Å². The summed E-state index contributed by atoms with van der Waals surface area (Å²) in [5, 5.41) is 4.15. The van der Waals surface area contributed by atoms with E-state index in [1.807, 2.05) is 0 Å². The van der Waals surface area contributed by atoms with Gasteiger partial charge in [-0.2, -0.15) is 4.98 Å². The predicted octanol–water partition coefficient (Wildman–Crippen LogP) is 1.84. The monoisotopic (exact) mass is 294 g/mol. The van der Waals surface area contributed by atoms with Crippen LogP contribution in [0.1, 0.15) is 63.3 Å². The fourth-order valence-corrected chi connectivity index (χ4v) is 3.29. The van der Waals surface area contributed by atoms with Crippen molar-refractivity contribution < 1.29 is 9.26 Å². The fourth-order valence-electron chi connectivity index (χ4n) is 3.29. The molecule has 1 saturated carbocycles. The van der Waals surface area contributed by atoms with E-state index in [1.54, 1.807) is 0 Å². The Labute approximate surface area is 126 Å². The van der Waals surface area contributed by atoms with Crippen molar-refractivity contribution in [3.63, 3.8) is 0 Å². The van der Waals surface area contributed by atoms with Gasteiger partial charge in [0.25, 0.3) is 0 Å². The molecule has 3 rings (SSSR count). The molecular formula is C15H26N4O2. The van der Waals surface area contributed by atoms with E-state index in [0.717, 1.165) is 32.5 Å². The molecule has 6 heteroatoms. The van der Waals surface area contributed by atoms with Gasteiger partial charge in [0.05, 0.1) is 12.5 Å². The SMILES string of the molecule is CC(C)N1CCOC(c2noc(C3CCCCC3N)n2)C1. The molecule has 2 aliphatic rings. The summed E-state index contributed by atoms with van der Waals surface area (Å²) in [6.07, 6.45) is 4.40. The maximum absolute atomic E-state index is 6.19. The van der Waals surface area contributed by atoms with Crippen LogP contribution in [0.4, 0.5) is 0 Å². The van der Waals surface area contributed by atoms with Gasteiger partial charge in [-0.1, -0.05) is 18.0 Å². The molecule has 3 unspecified atom stereocenters. The van der Waals surface area contributed by atoms with E-state index in [0.29, 0.717) is 17.8 Å². The Morgan fingerprint density at radius 1 is 1.29 bits per heavy atom. The van der Waals surface area contributed by atoms with Crippen LogP contribution < -0.4 is 5.73 Å². The van der Waals surface area contributed by atoms with Crippen molar-refractivity contribution in [1.29, 1.82) is 0 Å². The van der Waals surface area contributed by atoms with Crippen molar-refractivity contribution in [2.45, 2.75) is 63.6 Å². The first kappa shape index (κ1) is 14.9. The highest BCUT2D eigenvalue weighted by Gasteiger charge is 2.31. The molecular weight excluding hydrogens is 268 g/mol. The number of aromatic nitrogens is 2. The van der Waals surface area contributed by atoms with Gasteiger partial charge in [-0.15, -0.1) is 0 Å². The Morgan fingerprint density at radius 3 is 2.86 bits per heavy atom. The molecule has 2 heterocycles. The van der Waals surface area contributed by atoms with Gasteiger partial charge in [0.15, 0.2) is 0 Å². The second-order valence-electron chi connectivity index (χ2n) is 6.49. The van der Waals surface area contributed by atoms with E-state index < -0.39 is 0 Å². The van der Waals surface area contributed by atoms with Crippen LogP contribution in [0.5, 0.6) is 0 Å². The lowest BCUT2D eigenvalue weighted by Crippen LogP contribution is -2.42. The highest BCUT2D eigenvalue weighted by molar-refractivity contribution is 5.03. The molecule has 0 radical (unpaired) electrons. The van der Waals surface area contributed by atoms with Crippen molar-refractivity contribution in [2.24, 2.45) is 5.73 Å². The molecule has 1 aliphatic carbocycles. The standard InChI is InChI=1S/C15H26N4O2/c1-10(2)19-7-8-20-13(9-19)14-17-15(21-18-14)11-5-3-4-6-12(11)16/h10-13H,3-9,16H2,1-2H3. The summed E-state index contributed by atoms with van der Waals surface area (Å²) in [7, 11) is 0. The van der Waals surface area contributed by atoms with Crippen LogP contribution >= 0.6 is 0 Å². The number of hydrogen-bond acceptors (Lipinski definition) is 6. The molecule has 0 amide bonds. The summed E-state index contributed by atoms with van der Waals surface area (Å²) in [4.78, 5) is 6.98. The van der Waals surface area contributed by atoms with E-state index in [9.17, 15) is 0 Å². The van der Waals surface area contributed by atoms with E-state index >= 15 is 0 Å². The minimum atomic E-state index is -0.0848. The number of nitrogens with two attached hydrogens (primary N) is 1. The molecule has 0 aromatic carbocycles. The van der Waals surface area contributed by atoms with Crippen molar-refractivity contribution in [3.8, 4) is 0 Å². The highest BCUT2D eigenvalue weighted by atomic mass is 16.5. The third kappa shape index (κ3) is 3.27. The fraction of sp³-hybridized carbons (Fsp3) is 0.867. The summed E-state index contributed by atoms with van der Waals surface area (Å²) in [6, 6.07) is 0.654. The quantitative estimate of drug-likeness (QED) is 0.916. The van der Waals surface area contributed by atoms with Crippen LogP contribution in [0.25, 0.3) is 0 Å². The molecule has 2 fully saturated rings. The Balaban J connectivity index is 1.69. The molecule has 2 N–H and O–H groups in total. The lowest BCUT2D eigenvalue weighted by Gasteiger charge is -2.34. The van der Waals surface area contributed by atoms with E-state index in [-0.39, 0.29) is 18.1 Å². The molecule has 3 atom stereocenters. The number of morpholine rings is 1. The van der Waals surface area contributed by atoms with Crippen molar-refractivity contribution in [3.05, 3.63) is 11.7 Å². The summed E-state index contributed by atoms with van der Waals surface area (Å²) in [5.74, 6) is 1.58. The Bertz CT molecular complexity index is 462. The molecule has 1 aromatic heterocycles. The molecule has 1 aliphatic heterocycles. The van der Waals surface area contributed by atoms with Gasteiger partial charge in [-0.25, -0.2) is 0 Å². The summed E-state index contributed by atoms with van der Waals surface area (Å²) in [6.45, 7) is 6.91. The van der Waals surface area contributed by atoms with Crippen LogP contribution in [0.15, 0.2) is 4.52 Å². The third-order valence-electron chi connectivity index (χ3n) is 4.71. The van der Waals surface area contributed by atoms with Crippen molar-refractivity contribution in [2.75, 3.05) is 19.7 Å². The number of hydrogen-bond donors (Lipinski definition) is 1. The van der Waals surface area contributed by atoms with Crippen LogP contribution in [0.3, 0.4) is 0 Å². The predicted molar refractivity (Wildman–Crippen MR) is 78.9 cm³/mol. The molecule has 21 heavy (non-hydrogen) atoms. The van der Waals surface area contributed by atoms with Gasteiger partial charge in [-0.05, 0) is 26.7 Å². The second-order valence-corrected chi connectivity index (χ2v) is 6.49. The molecule has 1 aromatic rings. The first-order valence-electron chi connectivity index (χ1n) is 8.10. The topological polar surface area (TPSA) is 77.4 Å². The lowest BCUT2D eigenvalue weighted by molar-refractivity contribution is -0.0450. The lowest BCUT2D eigenvalue weighted by atomic mass is 9.85. The molecule has 1 saturated heterocycles. The van der Waals surface area contributed by atoms with Crippen molar-refractivity contribution in [1.82, 2.24) is 15.0 Å². The van der Waals surface area contributed by atoms with E-state index in [1.165, 1.54) is 12.8 Å². The van der Waals surface area contributed by atoms with Gasteiger partial charge in [0.1, 0.15) is 6.10 Å².